The van der Waals surface area contributed by atoms with Crippen LogP contribution in [-0.4, -0.2) is 16.1 Å². The van der Waals surface area contributed by atoms with Crippen molar-refractivity contribution in [1.29, 1.82) is 0 Å². The van der Waals surface area contributed by atoms with Crippen LogP contribution in [0.3, 0.4) is 0 Å². The Morgan fingerprint density at radius 2 is 2.46 bits per heavy atom. The molecule has 70 valence electrons. The third-order valence-electron chi connectivity index (χ3n) is 1.86. The summed E-state index contributed by atoms with van der Waals surface area (Å²) >= 11 is 0. The summed E-state index contributed by atoms with van der Waals surface area (Å²) in [6.07, 6.45) is 3.24. The smallest absolute Gasteiger partial charge is 0.305 e. The van der Waals surface area contributed by atoms with E-state index in [0.29, 0.717) is 0 Å². The molecule has 3 N–H and O–H groups in total. The van der Waals surface area contributed by atoms with Gasteiger partial charge in [0.05, 0.1) is 6.42 Å². The van der Waals surface area contributed by atoms with E-state index >= 15 is 0 Å². The average Bonchev–Trinajstić information content (AvgIpc) is 2.03. The molecule has 0 aliphatic carbocycles. The number of carbonyl (C=O) groups is 1. The first-order valence-corrected chi connectivity index (χ1v) is 3.99. The van der Waals surface area contributed by atoms with Crippen molar-refractivity contribution in [3.05, 3.63) is 29.6 Å². The van der Waals surface area contributed by atoms with Gasteiger partial charge in [0.15, 0.2) is 0 Å². The predicted molar refractivity (Wildman–Crippen MR) is 48.2 cm³/mol. The molecule has 0 aliphatic rings. The molecule has 1 heterocycles. The number of hydrogen-bond donors (Lipinski definition) is 2. The fourth-order valence-corrected chi connectivity index (χ4v) is 1.20. The number of carboxylic acid groups (broad SMARTS) is 1. The molecule has 0 amide bonds. The molecule has 4 heteroatoms. The minimum Gasteiger partial charge on any atom is -0.481 e. The van der Waals surface area contributed by atoms with Gasteiger partial charge < -0.3 is 10.8 Å². The molecule has 4 nitrogen and oxygen atoms in total. The second-order valence-electron chi connectivity index (χ2n) is 2.94. The van der Waals surface area contributed by atoms with Crippen LogP contribution in [0.4, 0.5) is 0 Å². The summed E-state index contributed by atoms with van der Waals surface area (Å²) < 4.78 is 0. The maximum absolute atomic E-state index is 10.4. The van der Waals surface area contributed by atoms with Crippen LogP contribution in [0.15, 0.2) is 18.5 Å². The van der Waals surface area contributed by atoms with Crippen molar-refractivity contribution in [2.45, 2.75) is 19.4 Å². The van der Waals surface area contributed by atoms with Gasteiger partial charge in [-0.1, -0.05) is 0 Å². The van der Waals surface area contributed by atoms with Crippen molar-refractivity contribution >= 4 is 5.97 Å². The number of rotatable bonds is 3. The van der Waals surface area contributed by atoms with Crippen LogP contribution < -0.4 is 5.73 Å². The lowest BCUT2D eigenvalue weighted by Crippen LogP contribution is -2.16. The highest BCUT2D eigenvalue weighted by molar-refractivity contribution is 5.68. The van der Waals surface area contributed by atoms with Gasteiger partial charge in [-0.05, 0) is 24.1 Å². The highest BCUT2D eigenvalue weighted by Gasteiger charge is 2.11. The molecule has 0 aliphatic heterocycles. The Bertz CT molecular complexity index is 312. The third-order valence-corrected chi connectivity index (χ3v) is 1.86. The minimum atomic E-state index is -0.885. The van der Waals surface area contributed by atoms with Crippen molar-refractivity contribution in [2.75, 3.05) is 0 Å². The highest BCUT2D eigenvalue weighted by atomic mass is 16.4. The molecule has 0 radical (unpaired) electrons. The molecule has 0 spiro atoms. The highest BCUT2D eigenvalue weighted by Crippen LogP contribution is 2.16. The number of carboxylic acids is 1. The minimum absolute atomic E-state index is 0.0507. The van der Waals surface area contributed by atoms with Gasteiger partial charge in [-0.2, -0.15) is 0 Å². The lowest BCUT2D eigenvalue weighted by atomic mass is 10.0. The molecule has 1 aromatic rings. The predicted octanol–water partition coefficient (Wildman–Crippen LogP) is 0.865. The van der Waals surface area contributed by atoms with Gasteiger partial charge in [-0.3, -0.25) is 9.78 Å². The van der Waals surface area contributed by atoms with Crippen molar-refractivity contribution in [3.8, 4) is 0 Å². The second kappa shape index (κ2) is 4.00. The summed E-state index contributed by atoms with van der Waals surface area (Å²) in [5.74, 6) is -0.885. The Balaban J connectivity index is 2.82. The van der Waals surface area contributed by atoms with E-state index in [9.17, 15) is 4.79 Å². The first-order chi connectivity index (χ1) is 6.11. The molecule has 1 aromatic heterocycles. The Hall–Kier alpha value is -1.42. The third kappa shape index (κ3) is 2.52. The van der Waals surface area contributed by atoms with Gasteiger partial charge in [0.25, 0.3) is 0 Å². The summed E-state index contributed by atoms with van der Waals surface area (Å²) in [6, 6.07) is 1.31. The van der Waals surface area contributed by atoms with E-state index < -0.39 is 12.0 Å². The lowest BCUT2D eigenvalue weighted by Gasteiger charge is -2.11. The van der Waals surface area contributed by atoms with Gasteiger partial charge >= 0.3 is 5.97 Å². The molecular weight excluding hydrogens is 168 g/mol. The molecule has 1 rings (SSSR count). The number of aromatic nitrogens is 1. The Kier molecular flexibility index (Phi) is 2.97. The van der Waals surface area contributed by atoms with Crippen LogP contribution in [0, 0.1) is 6.92 Å². The van der Waals surface area contributed by atoms with Crippen molar-refractivity contribution in [3.63, 3.8) is 0 Å². The van der Waals surface area contributed by atoms with E-state index in [0.717, 1.165) is 11.1 Å². The van der Waals surface area contributed by atoms with Gasteiger partial charge in [0.1, 0.15) is 0 Å². The van der Waals surface area contributed by atoms with Gasteiger partial charge in [-0.15, -0.1) is 0 Å². The average molecular weight is 180 g/mol. The summed E-state index contributed by atoms with van der Waals surface area (Å²) in [5, 5.41) is 8.54. The Labute approximate surface area is 76.4 Å². The van der Waals surface area contributed by atoms with Crippen LogP contribution in [0.2, 0.25) is 0 Å². The van der Waals surface area contributed by atoms with Crippen LogP contribution in [-0.2, 0) is 4.79 Å². The fraction of sp³-hybridized carbons (Fsp3) is 0.333. The molecule has 0 fully saturated rings. The van der Waals surface area contributed by atoms with E-state index in [4.69, 9.17) is 10.8 Å². The molecule has 1 unspecified atom stereocenters. The van der Waals surface area contributed by atoms with Gasteiger partial charge in [0.2, 0.25) is 0 Å². The van der Waals surface area contributed by atoms with Crippen LogP contribution in [0.1, 0.15) is 23.6 Å². The first-order valence-electron chi connectivity index (χ1n) is 3.99. The maximum atomic E-state index is 10.4. The van der Waals surface area contributed by atoms with Gasteiger partial charge in [-0.25, -0.2) is 0 Å². The van der Waals surface area contributed by atoms with Crippen LogP contribution in [0.5, 0.6) is 0 Å². The molecule has 0 aromatic carbocycles. The molecule has 0 saturated heterocycles. The number of nitrogens with zero attached hydrogens (tertiary/aromatic N) is 1. The van der Waals surface area contributed by atoms with Crippen molar-refractivity contribution in [2.24, 2.45) is 5.73 Å². The Morgan fingerprint density at radius 1 is 1.77 bits per heavy atom. The van der Waals surface area contributed by atoms with E-state index in [2.05, 4.69) is 4.98 Å². The number of aryl methyl sites for hydroxylation is 1. The normalized spacial score (nSPS) is 12.5. The zero-order valence-corrected chi connectivity index (χ0v) is 7.40. The molecular formula is C9H12N2O2. The fourth-order valence-electron chi connectivity index (χ4n) is 1.20. The zero-order valence-electron chi connectivity index (χ0n) is 7.40. The molecule has 0 saturated carbocycles. The molecule has 13 heavy (non-hydrogen) atoms. The van der Waals surface area contributed by atoms with E-state index in [1.807, 2.05) is 6.92 Å². The summed E-state index contributed by atoms with van der Waals surface area (Å²) in [7, 11) is 0. The first kappa shape index (κ1) is 9.67. The molecule has 1 atom stereocenters. The lowest BCUT2D eigenvalue weighted by molar-refractivity contribution is -0.137. The topological polar surface area (TPSA) is 76.2 Å². The van der Waals surface area contributed by atoms with Crippen LogP contribution in [0.25, 0.3) is 0 Å². The molecule has 0 bridgehead atoms. The summed E-state index contributed by atoms with van der Waals surface area (Å²) in [6.45, 7) is 1.87. The van der Waals surface area contributed by atoms with E-state index in [-0.39, 0.29) is 6.42 Å². The van der Waals surface area contributed by atoms with Crippen molar-refractivity contribution < 1.29 is 9.90 Å². The van der Waals surface area contributed by atoms with Crippen LogP contribution >= 0.6 is 0 Å². The summed E-state index contributed by atoms with van der Waals surface area (Å²) in [5.41, 5.74) is 7.46. The van der Waals surface area contributed by atoms with Crippen molar-refractivity contribution in [1.82, 2.24) is 4.98 Å². The number of nitrogens with two attached hydrogens (primary N) is 1. The number of hydrogen-bond acceptors (Lipinski definition) is 3. The van der Waals surface area contributed by atoms with Gasteiger partial charge in [0, 0.05) is 18.4 Å². The zero-order chi connectivity index (χ0) is 9.84. The standard InChI is InChI=1S/C9H12N2O2/c1-6-5-11-3-2-7(6)8(10)4-9(12)13/h2-3,5,8H,4,10H2,1H3,(H,12,13). The maximum Gasteiger partial charge on any atom is 0.305 e. The quantitative estimate of drug-likeness (QED) is 0.723. The number of aliphatic carboxylic acids is 1. The number of pyridine rings is 1. The largest absolute Gasteiger partial charge is 0.481 e. The van der Waals surface area contributed by atoms with E-state index in [1.54, 1.807) is 18.5 Å². The Morgan fingerprint density at radius 3 is 3.00 bits per heavy atom. The van der Waals surface area contributed by atoms with E-state index in [1.165, 1.54) is 0 Å². The second-order valence-corrected chi connectivity index (χ2v) is 2.94. The monoisotopic (exact) mass is 180 g/mol. The SMILES string of the molecule is Cc1cnccc1C(N)CC(=O)O. The summed E-state index contributed by atoms with van der Waals surface area (Å²) in [4.78, 5) is 14.3.